The molecule has 0 spiro atoms. The largest absolute Gasteiger partial charge is 0.480 e. The van der Waals surface area contributed by atoms with Crippen LogP contribution in [0.2, 0.25) is 0 Å². The fourth-order valence-electron chi connectivity index (χ4n) is 1.14. The molecule has 0 aliphatic heterocycles. The first-order valence-electron chi connectivity index (χ1n) is 4.34. The first kappa shape index (κ1) is 11.4. The molecule has 1 aromatic carbocycles. The lowest BCUT2D eigenvalue weighted by Gasteiger charge is -2.23. The van der Waals surface area contributed by atoms with E-state index in [1.807, 2.05) is 0 Å². The normalized spacial score (nSPS) is 12.3. The minimum atomic E-state index is -1.07. The summed E-state index contributed by atoms with van der Waals surface area (Å²) in [6.07, 6.45) is 0. The summed E-state index contributed by atoms with van der Waals surface area (Å²) in [4.78, 5) is 11.9. The maximum atomic E-state index is 13.3. The number of carbonyl (C=O) groups is 1. The molecular formula is C10H11F2NO2. The van der Waals surface area contributed by atoms with Crippen LogP contribution < -0.4 is 4.90 Å². The first-order valence-corrected chi connectivity index (χ1v) is 4.34. The molecule has 1 aromatic rings. The third-order valence-corrected chi connectivity index (χ3v) is 2.23. The van der Waals surface area contributed by atoms with Gasteiger partial charge in [0.25, 0.3) is 0 Å². The molecule has 0 aliphatic rings. The van der Waals surface area contributed by atoms with Crippen LogP contribution in [-0.2, 0) is 4.79 Å². The van der Waals surface area contributed by atoms with Gasteiger partial charge in [-0.2, -0.15) is 0 Å². The molecule has 0 saturated heterocycles. The Kier molecular flexibility index (Phi) is 3.24. The van der Waals surface area contributed by atoms with Crippen molar-refractivity contribution in [2.24, 2.45) is 0 Å². The summed E-state index contributed by atoms with van der Waals surface area (Å²) in [6.45, 7) is 1.42. The third-order valence-electron chi connectivity index (χ3n) is 2.23. The minimum Gasteiger partial charge on any atom is -0.480 e. The van der Waals surface area contributed by atoms with Gasteiger partial charge in [0.2, 0.25) is 0 Å². The van der Waals surface area contributed by atoms with Crippen LogP contribution >= 0.6 is 0 Å². The quantitative estimate of drug-likeness (QED) is 0.836. The molecule has 5 heteroatoms. The zero-order valence-corrected chi connectivity index (χ0v) is 8.37. The first-order chi connectivity index (χ1) is 6.93. The van der Waals surface area contributed by atoms with Gasteiger partial charge in [-0.25, -0.2) is 13.6 Å². The number of hydrogen-bond acceptors (Lipinski definition) is 2. The summed E-state index contributed by atoms with van der Waals surface area (Å²) >= 11 is 0. The SMILES string of the molecule is CC(C(=O)O)N(C)c1ccc(F)cc1F. The Bertz CT molecular complexity index is 382. The fourth-order valence-corrected chi connectivity index (χ4v) is 1.14. The second kappa shape index (κ2) is 4.25. The van der Waals surface area contributed by atoms with Crippen molar-refractivity contribution in [2.75, 3.05) is 11.9 Å². The van der Waals surface area contributed by atoms with Crippen molar-refractivity contribution in [3.8, 4) is 0 Å². The van der Waals surface area contributed by atoms with Crippen LogP contribution in [0.4, 0.5) is 14.5 Å². The van der Waals surface area contributed by atoms with Crippen molar-refractivity contribution in [3.05, 3.63) is 29.8 Å². The highest BCUT2D eigenvalue weighted by Gasteiger charge is 2.19. The number of rotatable bonds is 3. The third kappa shape index (κ3) is 2.43. The summed E-state index contributed by atoms with van der Waals surface area (Å²) in [5.41, 5.74) is 0.0614. The van der Waals surface area contributed by atoms with Gasteiger partial charge in [0, 0.05) is 13.1 Å². The number of likely N-dealkylation sites (N-methyl/N-ethyl adjacent to an activating group) is 1. The number of nitrogens with zero attached hydrogens (tertiary/aromatic N) is 1. The van der Waals surface area contributed by atoms with Crippen molar-refractivity contribution < 1.29 is 18.7 Å². The van der Waals surface area contributed by atoms with E-state index in [0.29, 0.717) is 0 Å². The summed E-state index contributed by atoms with van der Waals surface area (Å²) in [7, 11) is 1.44. The molecule has 0 aliphatic carbocycles. The van der Waals surface area contributed by atoms with E-state index in [-0.39, 0.29) is 5.69 Å². The van der Waals surface area contributed by atoms with E-state index in [1.165, 1.54) is 24.9 Å². The Balaban J connectivity index is 3.01. The number of hydrogen-bond donors (Lipinski definition) is 1. The van der Waals surface area contributed by atoms with Crippen LogP contribution in [0.5, 0.6) is 0 Å². The zero-order chi connectivity index (χ0) is 11.6. The second-order valence-electron chi connectivity index (χ2n) is 3.22. The van der Waals surface area contributed by atoms with Gasteiger partial charge in [0.1, 0.15) is 17.7 Å². The van der Waals surface area contributed by atoms with E-state index in [2.05, 4.69) is 0 Å². The Hall–Kier alpha value is -1.65. The zero-order valence-electron chi connectivity index (χ0n) is 8.37. The molecule has 0 fully saturated rings. The monoisotopic (exact) mass is 215 g/mol. The summed E-state index contributed by atoms with van der Waals surface area (Å²) in [6, 6.07) is 2.15. The molecule has 1 atom stereocenters. The highest BCUT2D eigenvalue weighted by atomic mass is 19.1. The smallest absolute Gasteiger partial charge is 0.326 e. The second-order valence-corrected chi connectivity index (χ2v) is 3.22. The number of carboxylic acid groups (broad SMARTS) is 1. The van der Waals surface area contributed by atoms with E-state index in [1.54, 1.807) is 0 Å². The highest BCUT2D eigenvalue weighted by molar-refractivity contribution is 5.77. The molecular weight excluding hydrogens is 204 g/mol. The van der Waals surface area contributed by atoms with E-state index < -0.39 is 23.6 Å². The van der Waals surface area contributed by atoms with Gasteiger partial charge in [-0.1, -0.05) is 0 Å². The van der Waals surface area contributed by atoms with Crippen LogP contribution in [-0.4, -0.2) is 24.2 Å². The predicted octanol–water partition coefficient (Wildman–Crippen LogP) is 1.87. The minimum absolute atomic E-state index is 0.0614. The fraction of sp³-hybridized carbons (Fsp3) is 0.300. The summed E-state index contributed by atoms with van der Waals surface area (Å²) in [5.74, 6) is -2.53. The van der Waals surface area contributed by atoms with Crippen molar-refractivity contribution in [3.63, 3.8) is 0 Å². The lowest BCUT2D eigenvalue weighted by atomic mass is 10.2. The van der Waals surface area contributed by atoms with Gasteiger partial charge < -0.3 is 10.0 Å². The number of aliphatic carboxylic acids is 1. The number of halogens is 2. The van der Waals surface area contributed by atoms with Crippen LogP contribution in [0.15, 0.2) is 18.2 Å². The molecule has 1 rings (SSSR count). The highest BCUT2D eigenvalue weighted by Crippen LogP contribution is 2.20. The Labute approximate surface area is 85.9 Å². The average Bonchev–Trinajstić information content (AvgIpc) is 2.15. The topological polar surface area (TPSA) is 40.5 Å². The van der Waals surface area contributed by atoms with Crippen molar-refractivity contribution in [1.82, 2.24) is 0 Å². The van der Waals surface area contributed by atoms with Gasteiger partial charge in [-0.3, -0.25) is 0 Å². The van der Waals surface area contributed by atoms with Crippen molar-refractivity contribution in [2.45, 2.75) is 13.0 Å². The number of benzene rings is 1. The van der Waals surface area contributed by atoms with Gasteiger partial charge in [-0.15, -0.1) is 0 Å². The standard InChI is InChI=1S/C10H11F2NO2/c1-6(10(14)15)13(2)9-4-3-7(11)5-8(9)12/h3-6H,1-2H3,(H,14,15). The molecule has 0 aromatic heterocycles. The van der Waals surface area contributed by atoms with Crippen molar-refractivity contribution in [1.29, 1.82) is 0 Å². The van der Waals surface area contributed by atoms with Gasteiger partial charge >= 0.3 is 5.97 Å². The molecule has 0 radical (unpaired) electrons. The average molecular weight is 215 g/mol. The van der Waals surface area contributed by atoms with E-state index in [4.69, 9.17) is 5.11 Å². The summed E-state index contributed by atoms with van der Waals surface area (Å²) < 4.78 is 25.8. The Morgan fingerprint density at radius 1 is 1.47 bits per heavy atom. The van der Waals surface area contributed by atoms with Gasteiger partial charge in [0.05, 0.1) is 5.69 Å². The molecule has 1 N–H and O–H groups in total. The number of carboxylic acids is 1. The van der Waals surface area contributed by atoms with E-state index in [9.17, 15) is 13.6 Å². The number of anilines is 1. The molecule has 3 nitrogen and oxygen atoms in total. The maximum absolute atomic E-state index is 13.3. The maximum Gasteiger partial charge on any atom is 0.326 e. The van der Waals surface area contributed by atoms with E-state index in [0.717, 1.165) is 12.1 Å². The lowest BCUT2D eigenvalue weighted by molar-refractivity contribution is -0.138. The molecule has 0 amide bonds. The molecule has 1 unspecified atom stereocenters. The predicted molar refractivity (Wildman–Crippen MR) is 51.9 cm³/mol. The Morgan fingerprint density at radius 2 is 2.07 bits per heavy atom. The van der Waals surface area contributed by atoms with Crippen LogP contribution in [0, 0.1) is 11.6 Å². The van der Waals surface area contributed by atoms with Crippen LogP contribution in [0.3, 0.4) is 0 Å². The molecule has 0 heterocycles. The molecule has 0 saturated carbocycles. The van der Waals surface area contributed by atoms with Crippen LogP contribution in [0.25, 0.3) is 0 Å². The lowest BCUT2D eigenvalue weighted by Crippen LogP contribution is -2.36. The van der Waals surface area contributed by atoms with E-state index >= 15 is 0 Å². The molecule has 82 valence electrons. The van der Waals surface area contributed by atoms with Gasteiger partial charge in [0.15, 0.2) is 0 Å². The van der Waals surface area contributed by atoms with Crippen LogP contribution in [0.1, 0.15) is 6.92 Å². The molecule has 0 bridgehead atoms. The Morgan fingerprint density at radius 3 is 2.53 bits per heavy atom. The van der Waals surface area contributed by atoms with Gasteiger partial charge in [-0.05, 0) is 19.1 Å². The molecule has 15 heavy (non-hydrogen) atoms. The van der Waals surface area contributed by atoms with Crippen molar-refractivity contribution >= 4 is 11.7 Å². The summed E-state index contributed by atoms with van der Waals surface area (Å²) in [5, 5.41) is 8.72.